The molecule has 0 radical (unpaired) electrons. The predicted molar refractivity (Wildman–Crippen MR) is 111 cm³/mol. The molecule has 1 aliphatic rings. The molecule has 1 amide bonds. The molecule has 1 heterocycles. The number of amides is 1. The fraction of sp³-hybridized carbons (Fsp3) is 0.600. The van der Waals surface area contributed by atoms with Crippen LogP contribution >= 0.6 is 11.6 Å². The van der Waals surface area contributed by atoms with Crippen molar-refractivity contribution in [1.29, 1.82) is 0 Å². The van der Waals surface area contributed by atoms with Crippen LogP contribution < -0.4 is 5.32 Å². The zero-order valence-corrected chi connectivity index (χ0v) is 18.7. The van der Waals surface area contributed by atoms with E-state index in [-0.39, 0.29) is 21.4 Å². The quantitative estimate of drug-likeness (QED) is 0.652. The van der Waals surface area contributed by atoms with Gasteiger partial charge in [-0.25, -0.2) is 13.2 Å². The summed E-state index contributed by atoms with van der Waals surface area (Å²) >= 11 is 6.19. The number of halogens is 1. The Labute approximate surface area is 177 Å². The van der Waals surface area contributed by atoms with Crippen molar-refractivity contribution in [3.05, 3.63) is 28.8 Å². The summed E-state index contributed by atoms with van der Waals surface area (Å²) in [5, 5.41) is 2.72. The summed E-state index contributed by atoms with van der Waals surface area (Å²) in [6, 6.07) is 3.31. The van der Waals surface area contributed by atoms with E-state index in [2.05, 4.69) is 5.32 Å². The number of hydrogen-bond acceptors (Lipinski definition) is 5. The Hall–Kier alpha value is -1.64. The topological polar surface area (TPSA) is 92.8 Å². The molecular formula is C20H29ClN2O5S. The maximum Gasteiger partial charge on any atom is 0.328 e. The standard InChI is InChI=1S/C20H29ClN2O5S/c1-4-14(2)18(20(25)28-3)22-19(24)15-9-10-16(21)17(13-15)29(26,27)23-11-7-5-6-8-12-23/h9-10,13-14,18H,4-8,11-12H2,1-3H3,(H,22,24). The Morgan fingerprint density at radius 2 is 1.83 bits per heavy atom. The molecule has 1 aliphatic heterocycles. The second-order valence-electron chi connectivity index (χ2n) is 7.32. The van der Waals surface area contributed by atoms with Gasteiger partial charge in [0.1, 0.15) is 10.9 Å². The number of carbonyl (C=O) groups is 2. The minimum Gasteiger partial charge on any atom is -0.467 e. The van der Waals surface area contributed by atoms with Crippen molar-refractivity contribution in [2.24, 2.45) is 5.92 Å². The van der Waals surface area contributed by atoms with Crippen LogP contribution in [0.25, 0.3) is 0 Å². The number of nitrogens with zero attached hydrogens (tertiary/aromatic N) is 1. The molecule has 2 unspecified atom stereocenters. The first-order valence-electron chi connectivity index (χ1n) is 9.90. The highest BCUT2D eigenvalue weighted by Gasteiger charge is 2.30. The average molecular weight is 445 g/mol. The highest BCUT2D eigenvalue weighted by atomic mass is 35.5. The minimum atomic E-state index is -3.81. The Balaban J connectivity index is 2.31. The van der Waals surface area contributed by atoms with Crippen LogP contribution in [0.3, 0.4) is 0 Å². The van der Waals surface area contributed by atoms with Gasteiger partial charge in [-0.05, 0) is 37.0 Å². The molecular weight excluding hydrogens is 416 g/mol. The van der Waals surface area contributed by atoms with E-state index >= 15 is 0 Å². The zero-order valence-electron chi connectivity index (χ0n) is 17.1. The lowest BCUT2D eigenvalue weighted by molar-refractivity contribution is -0.144. The molecule has 2 atom stereocenters. The fourth-order valence-electron chi connectivity index (χ4n) is 3.28. The fourth-order valence-corrected chi connectivity index (χ4v) is 5.30. The normalized spacial score (nSPS) is 17.8. The van der Waals surface area contributed by atoms with E-state index < -0.39 is 27.9 Å². The van der Waals surface area contributed by atoms with Gasteiger partial charge in [0, 0.05) is 18.7 Å². The van der Waals surface area contributed by atoms with Crippen molar-refractivity contribution in [3.63, 3.8) is 0 Å². The van der Waals surface area contributed by atoms with Crippen molar-refractivity contribution in [2.75, 3.05) is 20.2 Å². The van der Waals surface area contributed by atoms with E-state index in [1.807, 2.05) is 13.8 Å². The monoisotopic (exact) mass is 444 g/mol. The highest BCUT2D eigenvalue weighted by molar-refractivity contribution is 7.89. The van der Waals surface area contributed by atoms with Gasteiger partial charge in [0.15, 0.2) is 0 Å². The molecule has 2 rings (SSSR count). The van der Waals surface area contributed by atoms with Crippen LogP contribution in [0.1, 0.15) is 56.3 Å². The lowest BCUT2D eigenvalue weighted by Crippen LogP contribution is -2.45. The molecule has 9 heteroatoms. The van der Waals surface area contributed by atoms with Crippen LogP contribution in [0, 0.1) is 5.92 Å². The van der Waals surface area contributed by atoms with Crippen LogP contribution in [0.2, 0.25) is 5.02 Å². The molecule has 0 spiro atoms. The minimum absolute atomic E-state index is 0.0669. The highest BCUT2D eigenvalue weighted by Crippen LogP contribution is 2.28. The third-order valence-corrected chi connectivity index (χ3v) is 7.71. The van der Waals surface area contributed by atoms with E-state index in [0.29, 0.717) is 19.5 Å². The van der Waals surface area contributed by atoms with Gasteiger partial charge in [0.2, 0.25) is 10.0 Å². The molecule has 1 aromatic carbocycles. The molecule has 0 aromatic heterocycles. The Kier molecular flexibility index (Phi) is 8.48. The Morgan fingerprint density at radius 1 is 1.21 bits per heavy atom. The molecule has 0 bridgehead atoms. The number of nitrogens with one attached hydrogen (secondary N) is 1. The summed E-state index contributed by atoms with van der Waals surface area (Å²) in [5.41, 5.74) is 0.125. The molecule has 29 heavy (non-hydrogen) atoms. The third-order valence-electron chi connectivity index (χ3n) is 5.33. The molecule has 0 saturated carbocycles. The summed E-state index contributed by atoms with van der Waals surface area (Å²) in [6.07, 6.45) is 4.24. The summed E-state index contributed by atoms with van der Waals surface area (Å²) in [6.45, 7) is 4.61. The maximum atomic E-state index is 13.1. The number of esters is 1. The molecule has 7 nitrogen and oxygen atoms in total. The van der Waals surface area contributed by atoms with Gasteiger partial charge in [0.25, 0.3) is 5.91 Å². The van der Waals surface area contributed by atoms with Crippen LogP contribution in [0.5, 0.6) is 0 Å². The molecule has 0 aliphatic carbocycles. The first-order chi connectivity index (χ1) is 13.7. The summed E-state index contributed by atoms with van der Waals surface area (Å²) in [5.74, 6) is -1.23. The molecule has 162 valence electrons. The van der Waals surface area contributed by atoms with Crippen LogP contribution in [0.15, 0.2) is 23.1 Å². The van der Waals surface area contributed by atoms with Gasteiger partial charge in [0.05, 0.1) is 12.1 Å². The SMILES string of the molecule is CCC(C)C(NC(=O)c1ccc(Cl)c(S(=O)(=O)N2CCCCCC2)c1)C(=O)OC. The number of benzene rings is 1. The molecule has 1 aromatic rings. The molecule has 1 fully saturated rings. The van der Waals surface area contributed by atoms with Gasteiger partial charge < -0.3 is 10.1 Å². The van der Waals surface area contributed by atoms with Crippen molar-refractivity contribution >= 4 is 33.5 Å². The number of ether oxygens (including phenoxy) is 1. The largest absolute Gasteiger partial charge is 0.467 e. The maximum absolute atomic E-state index is 13.1. The number of hydrogen-bond donors (Lipinski definition) is 1. The van der Waals surface area contributed by atoms with E-state index in [1.165, 1.54) is 29.6 Å². The second kappa shape index (κ2) is 10.4. The van der Waals surface area contributed by atoms with Gasteiger partial charge in [-0.2, -0.15) is 4.31 Å². The van der Waals surface area contributed by atoms with Gasteiger partial charge in [-0.15, -0.1) is 0 Å². The summed E-state index contributed by atoms with van der Waals surface area (Å²) < 4.78 is 32.4. The van der Waals surface area contributed by atoms with Crippen molar-refractivity contribution in [3.8, 4) is 0 Å². The van der Waals surface area contributed by atoms with E-state index in [9.17, 15) is 18.0 Å². The number of carbonyl (C=O) groups excluding carboxylic acids is 2. The van der Waals surface area contributed by atoms with E-state index in [1.54, 1.807) is 0 Å². The third kappa shape index (κ3) is 5.71. The Bertz CT molecular complexity index is 835. The molecule has 1 saturated heterocycles. The smallest absolute Gasteiger partial charge is 0.328 e. The van der Waals surface area contributed by atoms with Crippen LogP contribution in [0.4, 0.5) is 0 Å². The number of methoxy groups -OCH3 is 1. The first kappa shape index (κ1) is 23.6. The summed E-state index contributed by atoms with van der Waals surface area (Å²) in [7, 11) is -2.55. The van der Waals surface area contributed by atoms with Crippen molar-refractivity contribution in [1.82, 2.24) is 9.62 Å². The molecule has 1 N–H and O–H groups in total. The summed E-state index contributed by atoms with van der Waals surface area (Å²) in [4.78, 5) is 24.7. The Morgan fingerprint density at radius 3 is 2.38 bits per heavy atom. The van der Waals surface area contributed by atoms with E-state index in [4.69, 9.17) is 16.3 Å². The zero-order chi connectivity index (χ0) is 21.6. The predicted octanol–water partition coefficient (Wildman–Crippen LogP) is 3.22. The van der Waals surface area contributed by atoms with Gasteiger partial charge >= 0.3 is 5.97 Å². The van der Waals surface area contributed by atoms with Crippen molar-refractivity contribution < 1.29 is 22.7 Å². The van der Waals surface area contributed by atoms with E-state index in [0.717, 1.165) is 25.7 Å². The van der Waals surface area contributed by atoms with Crippen LogP contribution in [-0.2, 0) is 19.6 Å². The number of rotatable bonds is 7. The lowest BCUT2D eigenvalue weighted by Gasteiger charge is -2.23. The van der Waals surface area contributed by atoms with Gasteiger partial charge in [-0.1, -0.05) is 44.7 Å². The number of sulfonamides is 1. The van der Waals surface area contributed by atoms with Gasteiger partial charge in [-0.3, -0.25) is 4.79 Å². The lowest BCUT2D eigenvalue weighted by atomic mass is 9.99. The van der Waals surface area contributed by atoms with Crippen molar-refractivity contribution in [2.45, 2.75) is 56.9 Å². The van der Waals surface area contributed by atoms with Crippen LogP contribution in [-0.4, -0.2) is 50.8 Å². The average Bonchev–Trinajstić information content (AvgIpc) is 3.01. The first-order valence-corrected chi connectivity index (χ1v) is 11.7. The second-order valence-corrected chi connectivity index (χ2v) is 9.64.